The van der Waals surface area contributed by atoms with E-state index in [2.05, 4.69) is 16.7 Å². The molecule has 1 unspecified atom stereocenters. The molecule has 0 aliphatic carbocycles. The highest BCUT2D eigenvalue weighted by Gasteiger charge is 2.23. The molecule has 1 fully saturated rings. The Morgan fingerprint density at radius 1 is 1.16 bits per heavy atom. The topological polar surface area (TPSA) is 52.7 Å². The van der Waals surface area contributed by atoms with Crippen LogP contribution in [0.1, 0.15) is 39.0 Å². The van der Waals surface area contributed by atoms with Gasteiger partial charge in [-0.3, -0.25) is 4.90 Å². The normalized spacial score (nSPS) is 19.5. The van der Waals surface area contributed by atoms with Crippen molar-refractivity contribution in [1.29, 1.82) is 0 Å². The third-order valence-electron chi connectivity index (χ3n) is 3.95. The number of hydrogen-bond donors (Lipinski definition) is 2. The van der Waals surface area contributed by atoms with E-state index >= 15 is 0 Å². The Morgan fingerprint density at radius 3 is 2.32 bits per heavy atom. The molecule has 1 saturated heterocycles. The SMILES string of the molecule is CCC(C(N)=S)N1CCN(CCCCCCO)CC1. The predicted molar refractivity (Wildman–Crippen MR) is 84.4 cm³/mol. The van der Waals surface area contributed by atoms with Crippen molar-refractivity contribution in [3.63, 3.8) is 0 Å². The third-order valence-corrected chi connectivity index (χ3v) is 4.22. The van der Waals surface area contributed by atoms with Crippen LogP contribution in [-0.2, 0) is 0 Å². The van der Waals surface area contributed by atoms with Crippen LogP contribution in [0.5, 0.6) is 0 Å². The average Bonchev–Trinajstić information content (AvgIpc) is 2.40. The smallest absolute Gasteiger partial charge is 0.0901 e. The van der Waals surface area contributed by atoms with Crippen molar-refractivity contribution in [3.05, 3.63) is 0 Å². The van der Waals surface area contributed by atoms with E-state index in [9.17, 15) is 0 Å². The van der Waals surface area contributed by atoms with E-state index < -0.39 is 0 Å². The predicted octanol–water partition coefficient (Wildman–Crippen LogP) is 1.22. The molecule has 4 nitrogen and oxygen atoms in total. The van der Waals surface area contributed by atoms with Crippen molar-refractivity contribution >= 4 is 17.2 Å². The molecule has 1 atom stereocenters. The minimum absolute atomic E-state index is 0.279. The summed E-state index contributed by atoms with van der Waals surface area (Å²) in [5.41, 5.74) is 5.80. The fourth-order valence-corrected chi connectivity index (χ4v) is 3.05. The first-order valence-electron chi connectivity index (χ1n) is 7.55. The van der Waals surface area contributed by atoms with E-state index in [-0.39, 0.29) is 6.04 Å². The Hall–Kier alpha value is -0.230. The first-order chi connectivity index (χ1) is 9.19. The first kappa shape index (κ1) is 16.8. The number of hydrogen-bond acceptors (Lipinski definition) is 4. The van der Waals surface area contributed by atoms with Gasteiger partial charge in [0, 0.05) is 32.8 Å². The second-order valence-electron chi connectivity index (χ2n) is 5.34. The maximum Gasteiger partial charge on any atom is 0.0901 e. The fraction of sp³-hybridized carbons (Fsp3) is 0.929. The number of aliphatic hydroxyl groups is 1. The van der Waals surface area contributed by atoms with Crippen molar-refractivity contribution in [2.45, 2.75) is 45.1 Å². The summed E-state index contributed by atoms with van der Waals surface area (Å²) in [5, 5.41) is 8.73. The zero-order chi connectivity index (χ0) is 14.1. The Balaban J connectivity index is 2.16. The number of piperazine rings is 1. The molecule has 1 rings (SSSR count). The van der Waals surface area contributed by atoms with Gasteiger partial charge in [0.2, 0.25) is 0 Å². The molecule has 19 heavy (non-hydrogen) atoms. The summed E-state index contributed by atoms with van der Waals surface area (Å²) in [5.74, 6) is 0. The molecule has 1 aliphatic rings. The van der Waals surface area contributed by atoms with Crippen LogP contribution in [0.3, 0.4) is 0 Å². The molecule has 0 spiro atoms. The van der Waals surface area contributed by atoms with Gasteiger partial charge in [0.25, 0.3) is 0 Å². The third kappa shape index (κ3) is 6.17. The van der Waals surface area contributed by atoms with Gasteiger partial charge in [-0.15, -0.1) is 0 Å². The van der Waals surface area contributed by atoms with E-state index in [4.69, 9.17) is 23.1 Å². The summed E-state index contributed by atoms with van der Waals surface area (Å²) < 4.78 is 0. The molecular weight excluding hydrogens is 258 g/mol. The van der Waals surface area contributed by atoms with Gasteiger partial charge in [0.05, 0.1) is 11.0 Å². The van der Waals surface area contributed by atoms with Crippen molar-refractivity contribution in [2.75, 3.05) is 39.3 Å². The Bertz CT molecular complexity index is 255. The van der Waals surface area contributed by atoms with E-state index in [1.54, 1.807) is 0 Å². The Kier molecular flexibility index (Phi) is 8.53. The summed E-state index contributed by atoms with van der Waals surface area (Å²) >= 11 is 5.14. The molecule has 0 aromatic carbocycles. The summed E-state index contributed by atoms with van der Waals surface area (Å²) in [6.45, 7) is 8.06. The first-order valence-corrected chi connectivity index (χ1v) is 7.96. The van der Waals surface area contributed by atoms with E-state index in [1.165, 1.54) is 19.4 Å². The zero-order valence-corrected chi connectivity index (χ0v) is 13.0. The van der Waals surface area contributed by atoms with Gasteiger partial charge in [0.15, 0.2) is 0 Å². The minimum Gasteiger partial charge on any atom is -0.396 e. The molecule has 1 heterocycles. The largest absolute Gasteiger partial charge is 0.396 e. The molecule has 112 valence electrons. The molecule has 0 saturated carbocycles. The van der Waals surface area contributed by atoms with Crippen LogP contribution in [-0.4, -0.2) is 65.3 Å². The van der Waals surface area contributed by atoms with Gasteiger partial charge in [-0.1, -0.05) is 32.0 Å². The highest BCUT2D eigenvalue weighted by Crippen LogP contribution is 2.11. The van der Waals surface area contributed by atoms with Gasteiger partial charge < -0.3 is 15.7 Å². The molecule has 0 aromatic rings. The van der Waals surface area contributed by atoms with Crippen LogP contribution in [0, 0.1) is 0 Å². The molecule has 5 heteroatoms. The molecule has 0 aromatic heterocycles. The average molecular weight is 287 g/mol. The number of unbranched alkanes of at least 4 members (excludes halogenated alkanes) is 3. The molecule has 0 radical (unpaired) electrons. The molecule has 0 amide bonds. The van der Waals surface area contributed by atoms with Crippen molar-refractivity contribution in [2.24, 2.45) is 5.73 Å². The van der Waals surface area contributed by atoms with Crippen molar-refractivity contribution < 1.29 is 5.11 Å². The van der Waals surface area contributed by atoms with Gasteiger partial charge in [-0.2, -0.15) is 0 Å². The van der Waals surface area contributed by atoms with E-state index in [1.807, 2.05) is 0 Å². The highest BCUT2D eigenvalue weighted by molar-refractivity contribution is 7.80. The van der Waals surface area contributed by atoms with Gasteiger partial charge in [0.1, 0.15) is 0 Å². The van der Waals surface area contributed by atoms with E-state index in [0.29, 0.717) is 11.6 Å². The van der Waals surface area contributed by atoms with Gasteiger partial charge in [-0.25, -0.2) is 0 Å². The van der Waals surface area contributed by atoms with Crippen molar-refractivity contribution in [1.82, 2.24) is 9.80 Å². The lowest BCUT2D eigenvalue weighted by Gasteiger charge is -2.38. The van der Waals surface area contributed by atoms with Crippen LogP contribution >= 0.6 is 12.2 Å². The van der Waals surface area contributed by atoms with Crippen LogP contribution in [0.25, 0.3) is 0 Å². The van der Waals surface area contributed by atoms with Crippen LogP contribution < -0.4 is 5.73 Å². The fourth-order valence-electron chi connectivity index (χ4n) is 2.74. The standard InChI is InChI=1S/C14H29N3OS/c1-2-13(14(15)19)17-10-8-16(9-11-17)7-5-3-4-6-12-18/h13,18H,2-12H2,1H3,(H2,15,19). The lowest BCUT2D eigenvalue weighted by atomic mass is 10.1. The quantitative estimate of drug-likeness (QED) is 0.493. The highest BCUT2D eigenvalue weighted by atomic mass is 32.1. The number of aliphatic hydroxyl groups excluding tert-OH is 1. The lowest BCUT2D eigenvalue weighted by molar-refractivity contribution is 0.115. The molecule has 1 aliphatic heterocycles. The number of thiocarbonyl (C=S) groups is 1. The maximum absolute atomic E-state index is 8.73. The molecule has 0 bridgehead atoms. The zero-order valence-electron chi connectivity index (χ0n) is 12.2. The van der Waals surface area contributed by atoms with E-state index in [0.717, 1.165) is 45.4 Å². The summed E-state index contributed by atoms with van der Waals surface area (Å²) in [4.78, 5) is 5.59. The monoisotopic (exact) mass is 287 g/mol. The second-order valence-corrected chi connectivity index (χ2v) is 5.81. The lowest BCUT2D eigenvalue weighted by Crippen LogP contribution is -2.53. The Morgan fingerprint density at radius 2 is 1.79 bits per heavy atom. The molecular formula is C14H29N3OS. The van der Waals surface area contributed by atoms with Crippen LogP contribution in [0.15, 0.2) is 0 Å². The summed E-state index contributed by atoms with van der Waals surface area (Å²) in [7, 11) is 0. The van der Waals surface area contributed by atoms with Gasteiger partial charge in [-0.05, 0) is 25.8 Å². The van der Waals surface area contributed by atoms with Crippen molar-refractivity contribution in [3.8, 4) is 0 Å². The number of nitrogens with zero attached hydrogens (tertiary/aromatic N) is 2. The molecule has 3 N–H and O–H groups in total. The minimum atomic E-state index is 0.279. The number of nitrogens with two attached hydrogens (primary N) is 1. The van der Waals surface area contributed by atoms with Crippen LogP contribution in [0.4, 0.5) is 0 Å². The number of rotatable bonds is 9. The Labute approximate surface area is 122 Å². The summed E-state index contributed by atoms with van der Waals surface area (Å²) in [6.07, 6.45) is 5.57. The van der Waals surface area contributed by atoms with Crippen LogP contribution in [0.2, 0.25) is 0 Å². The summed E-state index contributed by atoms with van der Waals surface area (Å²) in [6, 6.07) is 0.279. The second kappa shape index (κ2) is 9.64. The maximum atomic E-state index is 8.73. The van der Waals surface area contributed by atoms with Gasteiger partial charge >= 0.3 is 0 Å².